The molecular formula is C15H18O3. The number of fused-ring (bicyclic) bond motifs is 1. The highest BCUT2D eigenvalue weighted by Gasteiger charge is 2.30. The third kappa shape index (κ3) is 2.03. The fourth-order valence-corrected chi connectivity index (χ4v) is 2.81. The Labute approximate surface area is 107 Å². The van der Waals surface area contributed by atoms with E-state index in [9.17, 15) is 4.79 Å². The molecule has 3 heteroatoms. The standard InChI is InChI=1S/C15H18O3/c1-9-5-13(8-17-9)15(16)11-3-4-14-12(7-11)6-10(2)18-14/h3-4,7,9-10,13H,5-6,8H2,1-2H3. The zero-order valence-electron chi connectivity index (χ0n) is 10.8. The van der Waals surface area contributed by atoms with Crippen LogP contribution < -0.4 is 4.74 Å². The lowest BCUT2D eigenvalue weighted by molar-refractivity contribution is 0.0877. The van der Waals surface area contributed by atoms with Gasteiger partial charge in [0.05, 0.1) is 12.7 Å². The second kappa shape index (κ2) is 4.39. The minimum atomic E-state index is 0.0257. The van der Waals surface area contributed by atoms with Gasteiger partial charge in [0.15, 0.2) is 5.78 Å². The van der Waals surface area contributed by atoms with Crippen LogP contribution in [0.5, 0.6) is 5.75 Å². The van der Waals surface area contributed by atoms with Crippen molar-refractivity contribution in [3.05, 3.63) is 29.3 Å². The molecule has 1 aromatic carbocycles. The Balaban J connectivity index is 1.81. The van der Waals surface area contributed by atoms with Crippen LogP contribution in [-0.4, -0.2) is 24.6 Å². The van der Waals surface area contributed by atoms with Crippen LogP contribution in [-0.2, 0) is 11.2 Å². The van der Waals surface area contributed by atoms with E-state index in [1.165, 1.54) is 0 Å². The molecule has 2 aliphatic heterocycles. The van der Waals surface area contributed by atoms with Crippen LogP contribution in [0.1, 0.15) is 36.2 Å². The molecule has 0 aromatic heterocycles. The van der Waals surface area contributed by atoms with Gasteiger partial charge in [-0.05, 0) is 44.0 Å². The molecular weight excluding hydrogens is 228 g/mol. The molecule has 0 bridgehead atoms. The van der Waals surface area contributed by atoms with Crippen molar-refractivity contribution in [2.75, 3.05) is 6.61 Å². The van der Waals surface area contributed by atoms with Gasteiger partial charge in [0, 0.05) is 17.9 Å². The van der Waals surface area contributed by atoms with E-state index >= 15 is 0 Å². The average Bonchev–Trinajstić information content (AvgIpc) is 2.92. The number of hydrogen-bond donors (Lipinski definition) is 0. The van der Waals surface area contributed by atoms with Crippen molar-refractivity contribution in [3.8, 4) is 5.75 Å². The van der Waals surface area contributed by atoms with E-state index in [0.29, 0.717) is 6.61 Å². The van der Waals surface area contributed by atoms with Crippen LogP contribution in [0.25, 0.3) is 0 Å². The molecule has 0 aliphatic carbocycles. The highest BCUT2D eigenvalue weighted by Crippen LogP contribution is 2.31. The average molecular weight is 246 g/mol. The minimum Gasteiger partial charge on any atom is -0.490 e. The molecule has 0 spiro atoms. The van der Waals surface area contributed by atoms with E-state index < -0.39 is 0 Å². The smallest absolute Gasteiger partial charge is 0.168 e. The highest BCUT2D eigenvalue weighted by atomic mass is 16.5. The molecule has 3 atom stereocenters. The van der Waals surface area contributed by atoms with Crippen molar-refractivity contribution in [3.63, 3.8) is 0 Å². The van der Waals surface area contributed by atoms with E-state index in [0.717, 1.165) is 29.7 Å². The molecule has 3 rings (SSSR count). The summed E-state index contributed by atoms with van der Waals surface area (Å²) in [5.41, 5.74) is 1.95. The molecule has 1 aromatic rings. The van der Waals surface area contributed by atoms with E-state index in [4.69, 9.17) is 9.47 Å². The molecule has 3 unspecified atom stereocenters. The van der Waals surface area contributed by atoms with E-state index in [1.807, 2.05) is 32.0 Å². The second-order valence-electron chi connectivity index (χ2n) is 5.40. The topological polar surface area (TPSA) is 35.5 Å². The molecule has 0 amide bonds. The maximum Gasteiger partial charge on any atom is 0.168 e. The van der Waals surface area contributed by atoms with Gasteiger partial charge in [0.2, 0.25) is 0 Å². The Bertz CT molecular complexity index is 481. The molecule has 2 aliphatic rings. The molecule has 2 heterocycles. The number of Topliss-reactive ketones (excluding diaryl/α,β-unsaturated/α-hetero) is 1. The van der Waals surface area contributed by atoms with Crippen molar-refractivity contribution in [2.24, 2.45) is 5.92 Å². The van der Waals surface area contributed by atoms with Gasteiger partial charge in [-0.15, -0.1) is 0 Å². The first-order chi connectivity index (χ1) is 8.63. The summed E-state index contributed by atoms with van der Waals surface area (Å²) in [7, 11) is 0. The summed E-state index contributed by atoms with van der Waals surface area (Å²) >= 11 is 0. The van der Waals surface area contributed by atoms with Gasteiger partial charge in [-0.25, -0.2) is 0 Å². The number of carbonyl (C=O) groups is 1. The first-order valence-corrected chi connectivity index (χ1v) is 6.59. The molecule has 0 saturated carbocycles. The largest absolute Gasteiger partial charge is 0.490 e. The predicted molar refractivity (Wildman–Crippen MR) is 68.1 cm³/mol. The zero-order chi connectivity index (χ0) is 12.7. The summed E-state index contributed by atoms with van der Waals surface area (Å²) in [4.78, 5) is 12.4. The summed E-state index contributed by atoms with van der Waals surface area (Å²) in [5.74, 6) is 1.16. The lowest BCUT2D eigenvalue weighted by atomic mass is 9.94. The van der Waals surface area contributed by atoms with Crippen LogP contribution in [0, 0.1) is 5.92 Å². The van der Waals surface area contributed by atoms with Crippen molar-refractivity contribution >= 4 is 5.78 Å². The summed E-state index contributed by atoms with van der Waals surface area (Å²) < 4.78 is 11.1. The summed E-state index contributed by atoms with van der Waals surface area (Å²) in [6.07, 6.45) is 2.16. The SMILES string of the molecule is CC1CC(C(=O)c2ccc3c(c2)CC(C)O3)CO1. The van der Waals surface area contributed by atoms with E-state index in [1.54, 1.807) is 0 Å². The van der Waals surface area contributed by atoms with E-state index in [-0.39, 0.29) is 23.9 Å². The number of ether oxygens (including phenoxy) is 2. The van der Waals surface area contributed by atoms with Crippen LogP contribution in [0.2, 0.25) is 0 Å². The number of rotatable bonds is 2. The number of benzene rings is 1. The third-order valence-electron chi connectivity index (χ3n) is 3.75. The first-order valence-electron chi connectivity index (χ1n) is 6.59. The predicted octanol–water partition coefficient (Wildman–Crippen LogP) is 2.62. The molecule has 96 valence electrons. The molecule has 1 saturated heterocycles. The molecule has 0 N–H and O–H groups in total. The zero-order valence-corrected chi connectivity index (χ0v) is 10.8. The van der Waals surface area contributed by atoms with Gasteiger partial charge in [-0.3, -0.25) is 4.79 Å². The van der Waals surface area contributed by atoms with Gasteiger partial charge in [-0.1, -0.05) is 0 Å². The molecule has 1 fully saturated rings. The number of carbonyl (C=O) groups excluding carboxylic acids is 1. The fourth-order valence-electron chi connectivity index (χ4n) is 2.81. The van der Waals surface area contributed by atoms with Gasteiger partial charge in [0.25, 0.3) is 0 Å². The Morgan fingerprint density at radius 1 is 1.28 bits per heavy atom. The lowest BCUT2D eigenvalue weighted by Crippen LogP contribution is -2.15. The molecule has 18 heavy (non-hydrogen) atoms. The Hall–Kier alpha value is -1.35. The second-order valence-corrected chi connectivity index (χ2v) is 5.40. The molecule has 0 radical (unpaired) electrons. The van der Waals surface area contributed by atoms with Crippen molar-refractivity contribution in [2.45, 2.75) is 38.9 Å². The van der Waals surface area contributed by atoms with Gasteiger partial charge < -0.3 is 9.47 Å². The Kier molecular flexibility index (Phi) is 2.86. The maximum absolute atomic E-state index is 12.4. The van der Waals surface area contributed by atoms with Crippen molar-refractivity contribution < 1.29 is 14.3 Å². The Morgan fingerprint density at radius 2 is 2.11 bits per heavy atom. The highest BCUT2D eigenvalue weighted by molar-refractivity contribution is 5.98. The monoisotopic (exact) mass is 246 g/mol. The first kappa shape index (κ1) is 11.7. The summed E-state index contributed by atoms with van der Waals surface area (Å²) in [6, 6.07) is 5.79. The van der Waals surface area contributed by atoms with E-state index in [2.05, 4.69) is 0 Å². The summed E-state index contributed by atoms with van der Waals surface area (Å²) in [5, 5.41) is 0. The van der Waals surface area contributed by atoms with Gasteiger partial charge >= 0.3 is 0 Å². The van der Waals surface area contributed by atoms with Gasteiger partial charge in [0.1, 0.15) is 11.9 Å². The van der Waals surface area contributed by atoms with Crippen LogP contribution in [0.4, 0.5) is 0 Å². The number of ketones is 1. The quantitative estimate of drug-likeness (QED) is 0.752. The van der Waals surface area contributed by atoms with Crippen LogP contribution in [0.15, 0.2) is 18.2 Å². The molecule has 3 nitrogen and oxygen atoms in total. The van der Waals surface area contributed by atoms with Crippen LogP contribution in [0.3, 0.4) is 0 Å². The fraction of sp³-hybridized carbons (Fsp3) is 0.533. The van der Waals surface area contributed by atoms with Crippen molar-refractivity contribution in [1.29, 1.82) is 0 Å². The lowest BCUT2D eigenvalue weighted by Gasteiger charge is -2.08. The normalized spacial score (nSPS) is 30.0. The van der Waals surface area contributed by atoms with Crippen LogP contribution >= 0.6 is 0 Å². The number of hydrogen-bond acceptors (Lipinski definition) is 3. The minimum absolute atomic E-state index is 0.0257. The summed E-state index contributed by atoms with van der Waals surface area (Å²) in [6.45, 7) is 4.63. The third-order valence-corrected chi connectivity index (χ3v) is 3.75. The van der Waals surface area contributed by atoms with Crippen molar-refractivity contribution in [1.82, 2.24) is 0 Å². The Morgan fingerprint density at radius 3 is 2.83 bits per heavy atom. The maximum atomic E-state index is 12.4. The van der Waals surface area contributed by atoms with Gasteiger partial charge in [-0.2, -0.15) is 0 Å².